The van der Waals surface area contributed by atoms with E-state index in [0.29, 0.717) is 0 Å². The zero-order valence-electron chi connectivity index (χ0n) is 9.86. The van der Waals surface area contributed by atoms with Gasteiger partial charge in [-0.05, 0) is 29.3 Å². The van der Waals surface area contributed by atoms with Crippen LogP contribution in [-0.2, 0) is 13.6 Å². The van der Waals surface area contributed by atoms with Crippen molar-refractivity contribution in [3.63, 3.8) is 0 Å². The van der Waals surface area contributed by atoms with Gasteiger partial charge in [0.2, 0.25) is 5.16 Å². The van der Waals surface area contributed by atoms with E-state index >= 15 is 0 Å². The SMILES string of the molecule is Cn1nnnc1SCCCCCn1cccn1. The molecule has 2 heterocycles. The average molecular weight is 252 g/mol. The number of thioether (sulfide) groups is 1. The molecular formula is C10H16N6S. The summed E-state index contributed by atoms with van der Waals surface area (Å²) in [6, 6.07) is 1.96. The molecular weight excluding hydrogens is 236 g/mol. The highest BCUT2D eigenvalue weighted by Crippen LogP contribution is 2.14. The maximum atomic E-state index is 4.17. The van der Waals surface area contributed by atoms with Gasteiger partial charge in [0.15, 0.2) is 0 Å². The van der Waals surface area contributed by atoms with Crippen LogP contribution in [0.25, 0.3) is 0 Å². The van der Waals surface area contributed by atoms with Gasteiger partial charge >= 0.3 is 0 Å². The lowest BCUT2D eigenvalue weighted by atomic mass is 10.2. The number of hydrogen-bond donors (Lipinski definition) is 0. The summed E-state index contributed by atoms with van der Waals surface area (Å²) >= 11 is 1.71. The summed E-state index contributed by atoms with van der Waals surface area (Å²) in [4.78, 5) is 0. The van der Waals surface area contributed by atoms with E-state index in [1.54, 1.807) is 16.4 Å². The Bertz CT molecular complexity index is 424. The van der Waals surface area contributed by atoms with Crippen molar-refractivity contribution in [1.29, 1.82) is 0 Å². The predicted octanol–water partition coefficient (Wildman–Crippen LogP) is 1.37. The van der Waals surface area contributed by atoms with Crippen LogP contribution in [0, 0.1) is 0 Å². The molecule has 2 aromatic rings. The first kappa shape index (κ1) is 12.1. The largest absolute Gasteiger partial charge is 0.273 e. The van der Waals surface area contributed by atoms with Crippen molar-refractivity contribution in [2.24, 2.45) is 7.05 Å². The second-order valence-corrected chi connectivity index (χ2v) is 4.83. The fourth-order valence-electron chi connectivity index (χ4n) is 1.49. The Hall–Kier alpha value is -1.37. The summed E-state index contributed by atoms with van der Waals surface area (Å²) in [7, 11) is 1.86. The molecule has 0 fully saturated rings. The zero-order chi connectivity index (χ0) is 11.9. The van der Waals surface area contributed by atoms with E-state index in [-0.39, 0.29) is 0 Å². The molecule has 0 aliphatic rings. The average Bonchev–Trinajstić information content (AvgIpc) is 2.95. The lowest BCUT2D eigenvalue weighted by Gasteiger charge is -2.01. The minimum atomic E-state index is 0.886. The number of rotatable bonds is 7. The second kappa shape index (κ2) is 6.39. The molecule has 17 heavy (non-hydrogen) atoms. The van der Waals surface area contributed by atoms with Crippen LogP contribution in [0.2, 0.25) is 0 Å². The van der Waals surface area contributed by atoms with Gasteiger partial charge in [-0.2, -0.15) is 5.10 Å². The van der Waals surface area contributed by atoms with E-state index in [1.165, 1.54) is 19.3 Å². The van der Waals surface area contributed by atoms with Gasteiger partial charge in [-0.1, -0.05) is 18.2 Å². The number of nitrogens with zero attached hydrogens (tertiary/aromatic N) is 6. The Morgan fingerprint density at radius 2 is 2.24 bits per heavy atom. The molecule has 0 aromatic carbocycles. The highest BCUT2D eigenvalue weighted by atomic mass is 32.2. The van der Waals surface area contributed by atoms with Gasteiger partial charge in [-0.3, -0.25) is 4.68 Å². The number of tetrazole rings is 1. The zero-order valence-corrected chi connectivity index (χ0v) is 10.7. The van der Waals surface area contributed by atoms with Gasteiger partial charge in [0.25, 0.3) is 0 Å². The normalized spacial score (nSPS) is 10.9. The number of unbranched alkanes of at least 4 members (excludes halogenated alkanes) is 2. The molecule has 0 atom stereocenters. The Balaban J connectivity index is 1.54. The summed E-state index contributed by atoms with van der Waals surface area (Å²) in [6.45, 7) is 1.00. The summed E-state index contributed by atoms with van der Waals surface area (Å²) < 4.78 is 3.67. The molecule has 0 bridgehead atoms. The van der Waals surface area contributed by atoms with E-state index < -0.39 is 0 Å². The summed E-state index contributed by atoms with van der Waals surface area (Å²) in [5.74, 6) is 1.06. The second-order valence-electron chi connectivity index (χ2n) is 3.76. The first-order valence-electron chi connectivity index (χ1n) is 5.69. The molecule has 0 saturated heterocycles. The maximum Gasteiger partial charge on any atom is 0.209 e. The van der Waals surface area contributed by atoms with E-state index in [9.17, 15) is 0 Å². The molecule has 92 valence electrons. The summed E-state index contributed by atoms with van der Waals surface area (Å²) in [5, 5.41) is 16.4. The first-order chi connectivity index (χ1) is 8.36. The van der Waals surface area contributed by atoms with Crippen molar-refractivity contribution >= 4 is 11.8 Å². The summed E-state index contributed by atoms with van der Waals surface area (Å²) in [6.07, 6.45) is 7.37. The quantitative estimate of drug-likeness (QED) is 0.550. The van der Waals surface area contributed by atoms with Crippen molar-refractivity contribution in [1.82, 2.24) is 30.0 Å². The van der Waals surface area contributed by atoms with Gasteiger partial charge in [0.1, 0.15) is 0 Å². The molecule has 0 amide bonds. The number of hydrogen-bond acceptors (Lipinski definition) is 5. The van der Waals surface area contributed by atoms with Crippen LogP contribution in [0.1, 0.15) is 19.3 Å². The van der Waals surface area contributed by atoms with E-state index in [1.807, 2.05) is 30.2 Å². The maximum absolute atomic E-state index is 4.17. The minimum absolute atomic E-state index is 0.886. The van der Waals surface area contributed by atoms with E-state index in [4.69, 9.17) is 0 Å². The van der Waals surface area contributed by atoms with Crippen molar-refractivity contribution in [3.8, 4) is 0 Å². The summed E-state index contributed by atoms with van der Waals surface area (Å²) in [5.41, 5.74) is 0. The third-order valence-electron chi connectivity index (χ3n) is 2.40. The number of aromatic nitrogens is 6. The van der Waals surface area contributed by atoms with Crippen molar-refractivity contribution in [2.75, 3.05) is 5.75 Å². The van der Waals surface area contributed by atoms with Crippen LogP contribution in [0.5, 0.6) is 0 Å². The lowest BCUT2D eigenvalue weighted by Crippen LogP contribution is -1.98. The Labute approximate surface area is 104 Å². The fourth-order valence-corrected chi connectivity index (χ4v) is 2.34. The van der Waals surface area contributed by atoms with Crippen LogP contribution >= 0.6 is 11.8 Å². The molecule has 0 saturated carbocycles. The molecule has 2 rings (SSSR count). The van der Waals surface area contributed by atoms with Gasteiger partial charge in [-0.15, -0.1) is 5.10 Å². The van der Waals surface area contributed by atoms with Gasteiger partial charge in [0.05, 0.1) is 0 Å². The van der Waals surface area contributed by atoms with E-state index in [2.05, 4.69) is 20.6 Å². The molecule has 0 N–H and O–H groups in total. The Morgan fingerprint density at radius 3 is 2.94 bits per heavy atom. The first-order valence-corrected chi connectivity index (χ1v) is 6.67. The van der Waals surface area contributed by atoms with Crippen LogP contribution in [-0.4, -0.2) is 35.7 Å². The smallest absolute Gasteiger partial charge is 0.209 e. The third kappa shape index (κ3) is 3.85. The van der Waals surface area contributed by atoms with E-state index in [0.717, 1.165) is 17.5 Å². The Morgan fingerprint density at radius 1 is 1.29 bits per heavy atom. The highest BCUT2D eigenvalue weighted by Gasteiger charge is 2.01. The molecule has 6 nitrogen and oxygen atoms in total. The minimum Gasteiger partial charge on any atom is -0.273 e. The van der Waals surface area contributed by atoms with Gasteiger partial charge in [0, 0.05) is 31.7 Å². The fraction of sp³-hybridized carbons (Fsp3) is 0.600. The molecule has 2 aromatic heterocycles. The van der Waals surface area contributed by atoms with Gasteiger partial charge in [-0.25, -0.2) is 4.68 Å². The molecule has 0 radical (unpaired) electrons. The number of aryl methyl sites for hydroxylation is 2. The predicted molar refractivity (Wildman–Crippen MR) is 65.6 cm³/mol. The topological polar surface area (TPSA) is 61.4 Å². The molecule has 0 spiro atoms. The van der Waals surface area contributed by atoms with Gasteiger partial charge < -0.3 is 0 Å². The standard InChI is InChI=1S/C10H16N6S/c1-15-10(12-13-14-15)17-9-4-2-3-7-16-8-5-6-11-16/h5-6,8H,2-4,7,9H2,1H3. The highest BCUT2D eigenvalue weighted by molar-refractivity contribution is 7.99. The van der Waals surface area contributed by atoms with Crippen molar-refractivity contribution in [3.05, 3.63) is 18.5 Å². The molecule has 7 heteroatoms. The Kier molecular flexibility index (Phi) is 4.54. The molecule has 0 aliphatic carbocycles. The van der Waals surface area contributed by atoms with Crippen LogP contribution in [0.3, 0.4) is 0 Å². The van der Waals surface area contributed by atoms with Crippen LogP contribution in [0.15, 0.2) is 23.6 Å². The monoisotopic (exact) mass is 252 g/mol. The van der Waals surface area contributed by atoms with Crippen molar-refractivity contribution in [2.45, 2.75) is 31.0 Å². The third-order valence-corrected chi connectivity index (χ3v) is 3.50. The molecule has 0 aliphatic heterocycles. The van der Waals surface area contributed by atoms with Crippen LogP contribution in [0.4, 0.5) is 0 Å². The molecule has 0 unspecified atom stereocenters. The van der Waals surface area contributed by atoms with Crippen molar-refractivity contribution < 1.29 is 0 Å². The van der Waals surface area contributed by atoms with Crippen LogP contribution < -0.4 is 0 Å². The lowest BCUT2D eigenvalue weighted by molar-refractivity contribution is 0.554.